The second-order valence-corrected chi connectivity index (χ2v) is 54.3. The quantitative estimate of drug-likeness (QED) is 0.0897. The fourth-order valence-corrected chi connectivity index (χ4v) is 37.1. The molecular formula is C110H138Cl2O2Si2Zr. The van der Waals surface area contributed by atoms with Gasteiger partial charge in [0.25, 0.3) is 0 Å². The van der Waals surface area contributed by atoms with Gasteiger partial charge in [-0.05, 0) is 311 Å². The summed E-state index contributed by atoms with van der Waals surface area (Å²) in [4.78, 5) is 0. The van der Waals surface area contributed by atoms with Crippen LogP contribution in [0.4, 0.5) is 0 Å². The number of benzene rings is 8. The summed E-state index contributed by atoms with van der Waals surface area (Å²) in [6.07, 6.45) is 17.8. The van der Waals surface area contributed by atoms with Gasteiger partial charge in [0.05, 0.1) is 30.4 Å². The Balaban J connectivity index is 0.000000205. The van der Waals surface area contributed by atoms with E-state index in [9.17, 15) is 0 Å². The van der Waals surface area contributed by atoms with Crippen molar-refractivity contribution in [1.29, 1.82) is 0 Å². The predicted molar refractivity (Wildman–Crippen MR) is 513 cm³/mol. The van der Waals surface area contributed by atoms with Crippen LogP contribution in [0.15, 0.2) is 155 Å². The molecule has 8 aromatic carbocycles. The molecule has 10 atom stereocenters. The summed E-state index contributed by atoms with van der Waals surface area (Å²) in [6, 6.07) is 46.2. The van der Waals surface area contributed by atoms with Crippen molar-refractivity contribution in [2.24, 2.45) is 40.9 Å². The van der Waals surface area contributed by atoms with Crippen LogP contribution in [0.25, 0.3) is 62.3 Å². The number of hydrogen-bond donors (Lipinski definition) is 0. The molecule has 8 aromatic rings. The SMILES string of the molecule is COC1=C(c2cc(C)cc(C)c2)C2CC(C)C([Si](C)(C)C3C(C)CC4C(c5cc(C)cc(C)c5)=C5CCCC5=C(c5cc(C)cc(C)c5)C43)C2C=C1C(C)(C)C.COc1c(C(C)(C)C)cc2c(c1-c1cc(C)cc(C)c1)C=C(C)C2[Si](C)(C)C1C(C)=Cc2c(-c3cc(C)cc(C)c3)c3c(c(-c4cc(C)cc(C)c4)c21)CCC3.[CH3-].[CH3-].[Cl][Zr+2][Cl]. The Labute approximate surface area is 730 Å². The van der Waals surface area contributed by atoms with Gasteiger partial charge >= 0.3 is 37.9 Å². The topological polar surface area (TPSA) is 18.5 Å². The summed E-state index contributed by atoms with van der Waals surface area (Å²) in [5.74, 6) is 5.65. The molecule has 16 rings (SSSR count). The summed E-state index contributed by atoms with van der Waals surface area (Å²) < 4.78 is 13.0. The first-order chi connectivity index (χ1) is 54.2. The first kappa shape index (κ1) is 89.9. The normalized spacial score (nSPS) is 22.4. The standard InChI is InChI=1S/C54H70OSi.C54H62OSi.2CH3.2ClH.Zr/c2*1-30-18-31(2)22-38(21-30)47-41-16-15-17-42(41)48(39-23-32(3)19-33(4)24-39)50-45(47)28-37(8)53(50)56(13,14)52-36(7)27-43-44(52)29-46(54(9,10)11)51(55-12)49(43)40-25-34(5)20-35(6)26-40;;;;;/h18-26,29,36-37,43-45,50,52-53H,15-17,27-28H2,1-14H3;18-29,52-53H,15-17H2,1-14H3;2*1H3;2*1H;/q;;2*-1;;;+4/p-2. The Hall–Kier alpha value is -6.30. The van der Waals surface area contributed by atoms with Crippen LogP contribution in [0.1, 0.15) is 241 Å². The van der Waals surface area contributed by atoms with Crippen LogP contribution >= 0.6 is 17.0 Å². The third-order valence-corrected chi connectivity index (χ3v) is 38.4. The number of fused-ring (bicyclic) bond motifs is 6. The van der Waals surface area contributed by atoms with Crippen molar-refractivity contribution in [3.63, 3.8) is 0 Å². The van der Waals surface area contributed by atoms with Crippen molar-refractivity contribution >= 4 is 62.0 Å². The molecule has 8 aliphatic carbocycles. The molecule has 117 heavy (non-hydrogen) atoms. The Morgan fingerprint density at radius 1 is 0.402 bits per heavy atom. The second kappa shape index (κ2) is 34.2. The summed E-state index contributed by atoms with van der Waals surface area (Å²) in [5.41, 5.74) is 54.5. The van der Waals surface area contributed by atoms with E-state index in [-0.39, 0.29) is 25.7 Å². The van der Waals surface area contributed by atoms with Gasteiger partial charge in [0, 0.05) is 27.8 Å². The Bertz CT molecular complexity index is 5330. The minimum atomic E-state index is -2.27. The van der Waals surface area contributed by atoms with Crippen LogP contribution in [0, 0.1) is 139 Å². The van der Waals surface area contributed by atoms with Gasteiger partial charge in [0.1, 0.15) is 11.5 Å². The molecule has 0 N–H and O–H groups in total. The molecule has 0 spiro atoms. The molecule has 0 aliphatic heterocycles. The number of hydrogen-bond acceptors (Lipinski definition) is 2. The van der Waals surface area contributed by atoms with Crippen molar-refractivity contribution in [2.75, 3.05) is 14.2 Å². The van der Waals surface area contributed by atoms with Crippen LogP contribution in [0.5, 0.6) is 5.75 Å². The molecule has 0 amide bonds. The molecule has 10 unspecified atom stereocenters. The number of allylic oxidation sites excluding steroid dienone is 9. The maximum atomic E-state index is 6.53. The monoisotopic (exact) mass is 1710 g/mol. The van der Waals surface area contributed by atoms with E-state index in [1.807, 2.05) is 14.2 Å². The van der Waals surface area contributed by atoms with E-state index < -0.39 is 37.0 Å². The van der Waals surface area contributed by atoms with Gasteiger partial charge in [0.2, 0.25) is 0 Å². The number of aryl methyl sites for hydroxylation is 12. The van der Waals surface area contributed by atoms with Gasteiger partial charge in [-0.3, -0.25) is 0 Å². The summed E-state index contributed by atoms with van der Waals surface area (Å²) in [7, 11) is 9.38. The zero-order valence-electron chi connectivity index (χ0n) is 77.2. The molecule has 0 bridgehead atoms. The zero-order chi connectivity index (χ0) is 83.0. The van der Waals surface area contributed by atoms with Gasteiger partial charge < -0.3 is 24.3 Å². The first-order valence-corrected chi connectivity index (χ1v) is 56.1. The molecule has 3 fully saturated rings. The van der Waals surface area contributed by atoms with E-state index >= 15 is 0 Å². The maximum absolute atomic E-state index is 6.53. The average Bonchev–Trinajstić information content (AvgIpc) is 1.56. The summed E-state index contributed by atoms with van der Waals surface area (Å²) >= 11 is -0.826. The fraction of sp³-hybridized carbons (Fsp3) is 0.436. The number of ether oxygens (including phenoxy) is 2. The molecule has 0 heterocycles. The van der Waals surface area contributed by atoms with Crippen LogP contribution in [0.2, 0.25) is 37.3 Å². The molecule has 0 radical (unpaired) electrons. The molecule has 0 saturated heterocycles. The van der Waals surface area contributed by atoms with Gasteiger partial charge in [-0.2, -0.15) is 0 Å². The zero-order valence-corrected chi connectivity index (χ0v) is 83.2. The molecule has 2 nitrogen and oxygen atoms in total. The molecule has 0 aromatic heterocycles. The van der Waals surface area contributed by atoms with E-state index in [0.29, 0.717) is 57.7 Å². The van der Waals surface area contributed by atoms with Crippen molar-refractivity contribution in [3.05, 3.63) is 292 Å². The van der Waals surface area contributed by atoms with Crippen molar-refractivity contribution < 1.29 is 30.3 Å². The fourth-order valence-electron chi connectivity index (χ4n) is 25.8. The van der Waals surface area contributed by atoms with Crippen molar-refractivity contribution in [3.8, 4) is 39.1 Å². The number of rotatable bonds is 12. The Kier molecular flexibility index (Phi) is 26.3. The third kappa shape index (κ3) is 16.5. The molecular weight excluding hydrogens is 1570 g/mol. The van der Waals surface area contributed by atoms with E-state index in [1.165, 1.54) is 194 Å². The Morgan fingerprint density at radius 2 is 0.778 bits per heavy atom. The summed E-state index contributed by atoms with van der Waals surface area (Å²) in [6.45, 7) is 62.9. The average molecular weight is 1710 g/mol. The molecule has 3 saturated carbocycles. The van der Waals surface area contributed by atoms with Gasteiger partial charge in [0.15, 0.2) is 0 Å². The molecule has 7 heteroatoms. The Morgan fingerprint density at radius 3 is 1.22 bits per heavy atom. The molecule has 616 valence electrons. The van der Waals surface area contributed by atoms with Crippen LogP contribution in [-0.4, -0.2) is 30.4 Å². The van der Waals surface area contributed by atoms with E-state index in [4.69, 9.17) is 26.5 Å². The predicted octanol–water partition coefficient (Wildman–Crippen LogP) is 32.1. The van der Waals surface area contributed by atoms with Crippen molar-refractivity contribution in [2.45, 2.75) is 257 Å². The van der Waals surface area contributed by atoms with Gasteiger partial charge in [-0.1, -0.05) is 293 Å². The van der Waals surface area contributed by atoms with E-state index in [1.54, 1.807) is 44.5 Å². The molecule has 8 aliphatic rings. The van der Waals surface area contributed by atoms with E-state index in [0.717, 1.165) is 24.4 Å². The number of methoxy groups -OCH3 is 2. The second-order valence-electron chi connectivity index (χ2n) is 40.8. The van der Waals surface area contributed by atoms with E-state index in [2.05, 4.69) is 312 Å². The first-order valence-electron chi connectivity index (χ1n) is 43.5. The summed E-state index contributed by atoms with van der Waals surface area (Å²) in [5, 5.41) is 0. The van der Waals surface area contributed by atoms with Crippen LogP contribution in [-0.2, 0) is 43.8 Å². The van der Waals surface area contributed by atoms with Gasteiger partial charge in [-0.15, -0.1) is 0 Å². The van der Waals surface area contributed by atoms with Crippen LogP contribution < -0.4 is 4.74 Å². The van der Waals surface area contributed by atoms with Crippen LogP contribution in [0.3, 0.4) is 0 Å². The minimum absolute atomic E-state index is 0. The third-order valence-electron chi connectivity index (χ3n) is 28.6. The van der Waals surface area contributed by atoms with Gasteiger partial charge in [-0.25, -0.2) is 0 Å². The van der Waals surface area contributed by atoms with Crippen molar-refractivity contribution in [1.82, 2.24) is 0 Å². The number of halogens is 2.